The summed E-state index contributed by atoms with van der Waals surface area (Å²) in [4.78, 5) is 0.402. The molecule has 28 heavy (non-hydrogen) atoms. The second kappa shape index (κ2) is 9.24. The molecule has 4 nitrogen and oxygen atoms in total. The zero-order chi connectivity index (χ0) is 21.0. The maximum atomic E-state index is 13.3. The molecule has 0 heterocycles. The Morgan fingerprint density at radius 2 is 1.79 bits per heavy atom. The first-order valence-corrected chi connectivity index (χ1v) is 14.6. The molecule has 3 unspecified atom stereocenters. The van der Waals surface area contributed by atoms with Crippen LogP contribution in [-0.2, 0) is 19.0 Å². The standard InChI is InChI=1S/C22H36O4SSi/c1-7-13-25-17-18-14-19(26-28(5,6)22(2,3)4)16-21(15-18)27(23,24)20-11-9-8-10-12-20/h7-12,18-19,21H,1,13-17H2,2-6H3. The second-order valence-electron chi connectivity index (χ2n) is 9.38. The molecule has 0 aliphatic heterocycles. The van der Waals surface area contributed by atoms with Crippen LogP contribution < -0.4 is 0 Å². The molecule has 0 radical (unpaired) electrons. The van der Waals surface area contributed by atoms with Crippen LogP contribution in [0.15, 0.2) is 47.9 Å². The molecule has 158 valence electrons. The zero-order valence-electron chi connectivity index (χ0n) is 18.0. The van der Waals surface area contributed by atoms with Gasteiger partial charge in [-0.25, -0.2) is 8.42 Å². The number of hydrogen-bond acceptors (Lipinski definition) is 4. The third-order valence-corrected chi connectivity index (χ3v) is 12.8. The number of rotatable bonds is 8. The van der Waals surface area contributed by atoms with Crippen molar-refractivity contribution in [3.8, 4) is 0 Å². The smallest absolute Gasteiger partial charge is 0.192 e. The van der Waals surface area contributed by atoms with E-state index in [2.05, 4.69) is 40.4 Å². The Kier molecular flexibility index (Phi) is 7.70. The van der Waals surface area contributed by atoms with Gasteiger partial charge in [-0.1, -0.05) is 45.0 Å². The molecule has 3 atom stereocenters. The van der Waals surface area contributed by atoms with E-state index < -0.39 is 23.4 Å². The normalized spacial score (nSPS) is 24.1. The highest BCUT2D eigenvalue weighted by Crippen LogP contribution is 2.41. The van der Waals surface area contributed by atoms with Crippen LogP contribution >= 0.6 is 0 Å². The van der Waals surface area contributed by atoms with Crippen LogP contribution in [0.3, 0.4) is 0 Å². The first kappa shape index (κ1) is 23.3. The summed E-state index contributed by atoms with van der Waals surface area (Å²) in [5.41, 5.74) is 0. The van der Waals surface area contributed by atoms with Crippen LogP contribution in [-0.4, -0.2) is 41.3 Å². The molecule has 2 rings (SSSR count). The van der Waals surface area contributed by atoms with Crippen LogP contribution in [0.5, 0.6) is 0 Å². The van der Waals surface area contributed by atoms with Crippen LogP contribution in [0.4, 0.5) is 0 Å². The predicted molar refractivity (Wildman–Crippen MR) is 118 cm³/mol. The van der Waals surface area contributed by atoms with Gasteiger partial charge in [0.15, 0.2) is 18.2 Å². The van der Waals surface area contributed by atoms with Gasteiger partial charge in [-0.3, -0.25) is 0 Å². The van der Waals surface area contributed by atoms with E-state index in [1.807, 2.05) is 6.07 Å². The van der Waals surface area contributed by atoms with Gasteiger partial charge in [0, 0.05) is 12.7 Å². The summed E-state index contributed by atoms with van der Waals surface area (Å²) in [7, 11) is -5.37. The van der Waals surface area contributed by atoms with Crippen LogP contribution in [0.2, 0.25) is 18.1 Å². The fraction of sp³-hybridized carbons (Fsp3) is 0.636. The Labute approximate surface area is 172 Å². The minimum atomic E-state index is -3.39. The SMILES string of the molecule is C=CCOCC1CC(O[Si](C)(C)C(C)(C)C)CC(S(=O)(=O)c2ccccc2)C1. The number of benzene rings is 1. The first-order valence-electron chi connectivity index (χ1n) is 10.1. The molecule has 1 saturated carbocycles. The molecular formula is C22H36O4SSi. The van der Waals surface area contributed by atoms with Gasteiger partial charge in [-0.15, -0.1) is 6.58 Å². The Bertz CT molecular complexity index is 738. The van der Waals surface area contributed by atoms with Crippen molar-refractivity contribution in [3.63, 3.8) is 0 Å². The molecule has 0 saturated heterocycles. The number of sulfone groups is 1. The lowest BCUT2D eigenvalue weighted by Crippen LogP contribution is -2.47. The lowest BCUT2D eigenvalue weighted by molar-refractivity contribution is 0.0567. The molecule has 1 aromatic rings. The van der Waals surface area contributed by atoms with Gasteiger partial charge >= 0.3 is 0 Å². The van der Waals surface area contributed by atoms with E-state index in [1.165, 1.54) is 0 Å². The van der Waals surface area contributed by atoms with Crippen LogP contribution in [0, 0.1) is 5.92 Å². The fourth-order valence-corrected chi connectivity index (χ4v) is 6.82. The summed E-state index contributed by atoms with van der Waals surface area (Å²) in [6.45, 7) is 15.8. The maximum absolute atomic E-state index is 13.3. The molecule has 1 aliphatic rings. The summed E-state index contributed by atoms with van der Waals surface area (Å²) in [5, 5.41) is -0.344. The highest BCUT2D eigenvalue weighted by molar-refractivity contribution is 7.92. The Morgan fingerprint density at radius 3 is 2.36 bits per heavy atom. The Hall–Kier alpha value is -0.953. The molecule has 0 amide bonds. The van der Waals surface area contributed by atoms with Crippen molar-refractivity contribution < 1.29 is 17.6 Å². The highest BCUT2D eigenvalue weighted by atomic mass is 32.2. The lowest BCUT2D eigenvalue weighted by Gasteiger charge is -2.43. The molecule has 1 aliphatic carbocycles. The minimum Gasteiger partial charge on any atom is -0.414 e. The second-order valence-corrected chi connectivity index (χ2v) is 16.4. The van der Waals surface area contributed by atoms with Crippen LogP contribution in [0.25, 0.3) is 0 Å². The van der Waals surface area contributed by atoms with Crippen molar-refractivity contribution in [1.29, 1.82) is 0 Å². The van der Waals surface area contributed by atoms with Gasteiger partial charge in [0.25, 0.3) is 0 Å². The van der Waals surface area contributed by atoms with Gasteiger partial charge in [0.1, 0.15) is 0 Å². The largest absolute Gasteiger partial charge is 0.414 e. The molecule has 1 aromatic carbocycles. The van der Waals surface area contributed by atoms with Gasteiger partial charge in [-0.05, 0) is 55.4 Å². The fourth-order valence-electron chi connectivity index (χ4n) is 3.53. The average molecular weight is 425 g/mol. The Balaban J connectivity index is 2.24. The molecule has 6 heteroatoms. The lowest BCUT2D eigenvalue weighted by atomic mass is 9.87. The van der Waals surface area contributed by atoms with Gasteiger partial charge < -0.3 is 9.16 Å². The van der Waals surface area contributed by atoms with E-state index in [4.69, 9.17) is 9.16 Å². The monoisotopic (exact) mass is 424 g/mol. The van der Waals surface area contributed by atoms with E-state index in [0.29, 0.717) is 31.0 Å². The summed E-state index contributed by atoms with van der Waals surface area (Å²) in [6, 6.07) is 8.79. The highest BCUT2D eigenvalue weighted by Gasteiger charge is 2.43. The molecular weight excluding hydrogens is 388 g/mol. The van der Waals surface area contributed by atoms with E-state index in [1.54, 1.807) is 30.3 Å². The summed E-state index contributed by atoms with van der Waals surface area (Å²) in [6.07, 6.45) is 3.71. The predicted octanol–water partition coefficient (Wildman–Crippen LogP) is 5.22. The van der Waals surface area contributed by atoms with Crippen molar-refractivity contribution in [1.82, 2.24) is 0 Å². The summed E-state index contributed by atoms with van der Waals surface area (Å²) in [5.74, 6) is 0.173. The Morgan fingerprint density at radius 1 is 1.14 bits per heavy atom. The average Bonchev–Trinajstić information content (AvgIpc) is 2.61. The van der Waals surface area contributed by atoms with Crippen molar-refractivity contribution >= 4 is 18.2 Å². The van der Waals surface area contributed by atoms with E-state index in [9.17, 15) is 8.42 Å². The molecule has 1 fully saturated rings. The minimum absolute atomic E-state index is 0.0459. The van der Waals surface area contributed by atoms with E-state index >= 15 is 0 Å². The molecule has 0 spiro atoms. The third-order valence-electron chi connectivity index (χ3n) is 6.09. The summed E-state index contributed by atoms with van der Waals surface area (Å²) >= 11 is 0. The topological polar surface area (TPSA) is 52.6 Å². The first-order chi connectivity index (χ1) is 13.0. The maximum Gasteiger partial charge on any atom is 0.192 e. The summed E-state index contributed by atoms with van der Waals surface area (Å²) < 4.78 is 38.9. The van der Waals surface area contributed by atoms with Gasteiger partial charge in [0.05, 0.1) is 16.8 Å². The number of hydrogen-bond donors (Lipinski definition) is 0. The molecule has 0 aromatic heterocycles. The molecule has 0 N–H and O–H groups in total. The molecule has 0 bridgehead atoms. The van der Waals surface area contributed by atoms with Crippen molar-refractivity contribution in [3.05, 3.63) is 43.0 Å². The van der Waals surface area contributed by atoms with Crippen molar-refractivity contribution in [2.24, 2.45) is 5.92 Å². The van der Waals surface area contributed by atoms with E-state index in [-0.39, 0.29) is 17.1 Å². The number of ether oxygens (including phenoxy) is 1. The van der Waals surface area contributed by atoms with E-state index in [0.717, 1.165) is 6.42 Å². The van der Waals surface area contributed by atoms with Gasteiger partial charge in [-0.2, -0.15) is 0 Å². The van der Waals surface area contributed by atoms with Crippen molar-refractivity contribution in [2.45, 2.75) is 74.4 Å². The van der Waals surface area contributed by atoms with Crippen molar-refractivity contribution in [2.75, 3.05) is 13.2 Å². The van der Waals surface area contributed by atoms with Gasteiger partial charge in [0.2, 0.25) is 0 Å². The third kappa shape index (κ3) is 5.78. The zero-order valence-corrected chi connectivity index (χ0v) is 19.8. The quantitative estimate of drug-likeness (QED) is 0.326. The van der Waals surface area contributed by atoms with Crippen LogP contribution in [0.1, 0.15) is 40.0 Å².